The van der Waals surface area contributed by atoms with Gasteiger partial charge in [0.25, 0.3) is 0 Å². The van der Waals surface area contributed by atoms with E-state index in [9.17, 15) is 13.2 Å². The molecule has 0 spiro atoms. The molecule has 1 atom stereocenters. The van der Waals surface area contributed by atoms with Crippen LogP contribution in [-0.2, 0) is 14.8 Å². The Morgan fingerprint density at radius 1 is 1.35 bits per heavy atom. The van der Waals surface area contributed by atoms with Crippen molar-refractivity contribution in [3.63, 3.8) is 0 Å². The van der Waals surface area contributed by atoms with Crippen LogP contribution in [0.5, 0.6) is 0 Å². The van der Waals surface area contributed by atoms with Gasteiger partial charge in [-0.25, -0.2) is 12.7 Å². The molecule has 2 rings (SSSR count). The summed E-state index contributed by atoms with van der Waals surface area (Å²) in [4.78, 5) is 10.6. The van der Waals surface area contributed by atoms with Gasteiger partial charge in [0.2, 0.25) is 10.0 Å². The van der Waals surface area contributed by atoms with Crippen molar-refractivity contribution in [3.8, 4) is 0 Å². The van der Waals surface area contributed by atoms with Crippen molar-refractivity contribution >= 4 is 16.0 Å². The highest BCUT2D eigenvalue weighted by Crippen LogP contribution is 2.26. The topological polar surface area (TPSA) is 74.7 Å². The second-order valence-electron chi connectivity index (χ2n) is 5.37. The van der Waals surface area contributed by atoms with Crippen LogP contribution in [0, 0.1) is 5.92 Å². The Labute approximate surface area is 119 Å². The number of hydrogen-bond donors (Lipinski definition) is 1. The lowest BCUT2D eigenvalue weighted by Gasteiger charge is -2.37. The molecule has 1 unspecified atom stereocenters. The first-order chi connectivity index (χ1) is 9.38. The molecule has 1 aliphatic rings. The summed E-state index contributed by atoms with van der Waals surface area (Å²) in [5.74, 6) is -0.921. The van der Waals surface area contributed by atoms with E-state index >= 15 is 0 Å². The number of carbonyl (C=O) groups is 1. The molecule has 1 aromatic carbocycles. The Hall–Kier alpha value is -1.40. The Kier molecular flexibility index (Phi) is 4.45. The minimum absolute atomic E-state index is 0.0419. The maximum Gasteiger partial charge on any atom is 0.303 e. The summed E-state index contributed by atoms with van der Waals surface area (Å²) in [5, 5.41) is 8.66. The van der Waals surface area contributed by atoms with Crippen LogP contribution in [-0.4, -0.2) is 42.6 Å². The van der Waals surface area contributed by atoms with Gasteiger partial charge in [0.15, 0.2) is 0 Å². The van der Waals surface area contributed by atoms with Crippen LogP contribution >= 0.6 is 0 Å². The number of carboxylic acids is 1. The molecular weight excluding hydrogens is 278 g/mol. The first kappa shape index (κ1) is 15.0. The maximum absolute atomic E-state index is 12.2. The Morgan fingerprint density at radius 3 is 2.50 bits per heavy atom. The predicted octanol–water partition coefficient (Wildman–Crippen LogP) is 1.53. The summed E-state index contributed by atoms with van der Waals surface area (Å²) >= 11 is 0. The van der Waals surface area contributed by atoms with E-state index in [1.54, 1.807) is 0 Å². The molecule has 0 amide bonds. The average molecular weight is 297 g/mol. The van der Waals surface area contributed by atoms with Crippen LogP contribution < -0.4 is 0 Å². The van der Waals surface area contributed by atoms with Crippen LogP contribution in [0.25, 0.3) is 0 Å². The first-order valence-electron chi connectivity index (χ1n) is 6.63. The molecule has 1 saturated heterocycles. The fourth-order valence-electron chi connectivity index (χ4n) is 2.42. The summed E-state index contributed by atoms with van der Waals surface area (Å²) in [5.41, 5.74) is 0.999. The molecule has 110 valence electrons. The van der Waals surface area contributed by atoms with Crippen molar-refractivity contribution in [2.45, 2.75) is 19.3 Å². The van der Waals surface area contributed by atoms with Crippen molar-refractivity contribution in [1.82, 2.24) is 4.31 Å². The minimum atomic E-state index is -3.30. The molecule has 1 N–H and O–H groups in total. The third-order valence-electron chi connectivity index (χ3n) is 3.61. The van der Waals surface area contributed by atoms with E-state index in [0.29, 0.717) is 13.1 Å². The summed E-state index contributed by atoms with van der Waals surface area (Å²) < 4.78 is 25.8. The SMILES string of the molecule is CC(CS(=O)(=O)N1CC(CC(=O)O)C1)c1ccccc1. The predicted molar refractivity (Wildman–Crippen MR) is 76.0 cm³/mol. The van der Waals surface area contributed by atoms with E-state index in [1.807, 2.05) is 37.3 Å². The fraction of sp³-hybridized carbons (Fsp3) is 0.500. The highest BCUT2D eigenvalue weighted by atomic mass is 32.2. The third-order valence-corrected chi connectivity index (χ3v) is 5.62. The second-order valence-corrected chi connectivity index (χ2v) is 7.38. The van der Waals surface area contributed by atoms with Crippen LogP contribution in [0.15, 0.2) is 30.3 Å². The second kappa shape index (κ2) is 5.93. The number of nitrogens with zero attached hydrogens (tertiary/aromatic N) is 1. The van der Waals surface area contributed by atoms with Crippen LogP contribution in [0.1, 0.15) is 24.8 Å². The molecule has 1 heterocycles. The smallest absolute Gasteiger partial charge is 0.303 e. The van der Waals surface area contributed by atoms with Crippen LogP contribution in [0.2, 0.25) is 0 Å². The summed E-state index contributed by atoms with van der Waals surface area (Å²) in [6, 6.07) is 9.53. The zero-order chi connectivity index (χ0) is 14.8. The normalized spacial score (nSPS) is 18.4. The van der Waals surface area contributed by atoms with Crippen molar-refractivity contribution in [3.05, 3.63) is 35.9 Å². The van der Waals surface area contributed by atoms with Gasteiger partial charge in [0, 0.05) is 13.1 Å². The van der Waals surface area contributed by atoms with Crippen LogP contribution in [0.4, 0.5) is 0 Å². The van der Waals surface area contributed by atoms with Crippen molar-refractivity contribution in [2.75, 3.05) is 18.8 Å². The summed E-state index contributed by atoms with van der Waals surface area (Å²) in [7, 11) is -3.30. The van der Waals surface area contributed by atoms with Gasteiger partial charge in [-0.15, -0.1) is 0 Å². The van der Waals surface area contributed by atoms with E-state index in [1.165, 1.54) is 4.31 Å². The summed E-state index contributed by atoms with van der Waals surface area (Å²) in [6.45, 7) is 2.55. The minimum Gasteiger partial charge on any atom is -0.481 e. The molecule has 6 heteroatoms. The van der Waals surface area contributed by atoms with Crippen molar-refractivity contribution in [1.29, 1.82) is 0 Å². The standard InChI is InChI=1S/C14H19NO4S/c1-11(13-5-3-2-4-6-13)10-20(18,19)15-8-12(9-15)7-14(16)17/h2-6,11-12H,7-10H2,1H3,(H,16,17). The van der Waals surface area contributed by atoms with E-state index in [0.717, 1.165) is 5.56 Å². The molecule has 0 saturated carbocycles. The number of carboxylic acid groups (broad SMARTS) is 1. The lowest BCUT2D eigenvalue weighted by molar-refractivity contribution is -0.139. The van der Waals surface area contributed by atoms with Gasteiger partial charge < -0.3 is 5.11 Å². The van der Waals surface area contributed by atoms with Crippen molar-refractivity contribution in [2.24, 2.45) is 5.92 Å². The molecule has 0 bridgehead atoms. The maximum atomic E-state index is 12.2. The molecule has 0 radical (unpaired) electrons. The fourth-order valence-corrected chi connectivity index (χ4v) is 4.34. The van der Waals surface area contributed by atoms with Gasteiger partial charge in [-0.05, 0) is 17.4 Å². The number of hydrogen-bond acceptors (Lipinski definition) is 3. The monoisotopic (exact) mass is 297 g/mol. The highest BCUT2D eigenvalue weighted by molar-refractivity contribution is 7.89. The number of benzene rings is 1. The molecule has 20 heavy (non-hydrogen) atoms. The van der Waals surface area contributed by atoms with Gasteiger partial charge in [-0.3, -0.25) is 4.79 Å². The lowest BCUT2D eigenvalue weighted by atomic mass is 10.00. The van der Waals surface area contributed by atoms with E-state index in [2.05, 4.69) is 0 Å². The zero-order valence-electron chi connectivity index (χ0n) is 11.4. The van der Waals surface area contributed by atoms with E-state index < -0.39 is 16.0 Å². The quantitative estimate of drug-likeness (QED) is 0.864. The Bertz CT molecular complexity index is 564. The molecular formula is C14H19NO4S. The average Bonchev–Trinajstić information content (AvgIpc) is 2.33. The van der Waals surface area contributed by atoms with E-state index in [-0.39, 0.29) is 24.0 Å². The Morgan fingerprint density at radius 2 is 1.95 bits per heavy atom. The van der Waals surface area contributed by atoms with Crippen molar-refractivity contribution < 1.29 is 18.3 Å². The number of rotatable bonds is 6. The van der Waals surface area contributed by atoms with E-state index in [4.69, 9.17) is 5.11 Å². The molecule has 1 aromatic rings. The molecule has 0 aromatic heterocycles. The number of aliphatic carboxylic acids is 1. The molecule has 1 aliphatic heterocycles. The Balaban J connectivity index is 1.91. The highest BCUT2D eigenvalue weighted by Gasteiger charge is 2.37. The van der Waals surface area contributed by atoms with Gasteiger partial charge in [0.05, 0.1) is 12.2 Å². The van der Waals surface area contributed by atoms with Gasteiger partial charge in [-0.2, -0.15) is 0 Å². The number of sulfonamides is 1. The van der Waals surface area contributed by atoms with Gasteiger partial charge in [-0.1, -0.05) is 37.3 Å². The molecule has 1 fully saturated rings. The molecule has 5 nitrogen and oxygen atoms in total. The zero-order valence-corrected chi connectivity index (χ0v) is 12.2. The van der Waals surface area contributed by atoms with Gasteiger partial charge in [0.1, 0.15) is 0 Å². The lowest BCUT2D eigenvalue weighted by Crippen LogP contribution is -2.51. The largest absolute Gasteiger partial charge is 0.481 e. The molecule has 0 aliphatic carbocycles. The van der Waals surface area contributed by atoms with Crippen LogP contribution in [0.3, 0.4) is 0 Å². The third kappa shape index (κ3) is 3.58. The summed E-state index contributed by atoms with van der Waals surface area (Å²) in [6.07, 6.45) is 0.0419. The van der Waals surface area contributed by atoms with Gasteiger partial charge >= 0.3 is 5.97 Å². The first-order valence-corrected chi connectivity index (χ1v) is 8.24.